The molecule has 1 aliphatic rings. The van der Waals surface area contributed by atoms with Crippen LogP contribution in [0.15, 0.2) is 36.8 Å². The lowest BCUT2D eigenvalue weighted by Crippen LogP contribution is -2.09. The monoisotopic (exact) mass is 350 g/mol. The van der Waals surface area contributed by atoms with Crippen molar-refractivity contribution in [1.29, 1.82) is 5.26 Å². The van der Waals surface area contributed by atoms with Crippen LogP contribution in [0.4, 0.5) is 5.82 Å². The van der Waals surface area contributed by atoms with E-state index in [0.29, 0.717) is 11.4 Å². The molecule has 134 valence electrons. The molecule has 1 saturated carbocycles. The van der Waals surface area contributed by atoms with E-state index in [-0.39, 0.29) is 6.10 Å². The fourth-order valence-electron chi connectivity index (χ4n) is 2.93. The molecule has 4 rings (SSSR count). The molecule has 0 amide bonds. The molecule has 3 heterocycles. The molecular weight excluding hydrogens is 328 g/mol. The van der Waals surface area contributed by atoms with Crippen LogP contribution in [0.2, 0.25) is 0 Å². The minimum atomic E-state index is 0.0359. The molecule has 0 atom stereocenters. The van der Waals surface area contributed by atoms with E-state index in [4.69, 9.17) is 10.4 Å². The van der Waals surface area contributed by atoms with Gasteiger partial charge in [-0.2, -0.15) is 10.4 Å². The van der Waals surface area contributed by atoms with Crippen molar-refractivity contribution < 1.29 is 5.11 Å². The van der Waals surface area contributed by atoms with Crippen LogP contribution in [0, 0.1) is 11.3 Å². The highest BCUT2D eigenvalue weighted by Gasteiger charge is 2.10. The zero-order chi connectivity index (χ0) is 18.4. The number of nitrogens with one attached hydrogen (secondary N) is 1. The Morgan fingerprint density at radius 1 is 1.27 bits per heavy atom. The van der Waals surface area contributed by atoms with Crippen molar-refractivity contribution in [3.8, 4) is 17.5 Å². The molecule has 7 nitrogen and oxygen atoms in total. The van der Waals surface area contributed by atoms with Crippen LogP contribution in [0.5, 0.6) is 0 Å². The van der Waals surface area contributed by atoms with Crippen molar-refractivity contribution in [2.75, 3.05) is 12.4 Å². The third kappa shape index (κ3) is 4.16. The number of nitrogens with zero attached hydrogens (tertiary/aromatic N) is 5. The van der Waals surface area contributed by atoms with Gasteiger partial charge in [-0.05, 0) is 31.0 Å². The quantitative estimate of drug-likeness (QED) is 0.737. The number of pyridine rings is 1. The van der Waals surface area contributed by atoms with Gasteiger partial charge in [0, 0.05) is 19.4 Å². The van der Waals surface area contributed by atoms with E-state index < -0.39 is 0 Å². The second-order valence-electron chi connectivity index (χ2n) is 6.22. The Balaban J connectivity index is 0.000000236. The highest BCUT2D eigenvalue weighted by Crippen LogP contribution is 2.22. The number of anilines is 1. The molecule has 0 saturated heterocycles. The molecule has 3 aromatic rings. The molecule has 0 bridgehead atoms. The van der Waals surface area contributed by atoms with Gasteiger partial charge in [-0.1, -0.05) is 19.3 Å². The first-order valence-corrected chi connectivity index (χ1v) is 8.78. The van der Waals surface area contributed by atoms with Gasteiger partial charge in [0.1, 0.15) is 5.82 Å². The SMILES string of the molecule is CNc1ccnc(-c2cnn3ccc(C#N)cc23)n1.OC1CCCCC1. The summed E-state index contributed by atoms with van der Waals surface area (Å²) < 4.78 is 1.70. The molecule has 2 N–H and O–H groups in total. The molecular formula is C19H22N6O. The summed E-state index contributed by atoms with van der Waals surface area (Å²) in [6, 6.07) is 7.40. The fourth-order valence-corrected chi connectivity index (χ4v) is 2.93. The van der Waals surface area contributed by atoms with Gasteiger partial charge in [0.25, 0.3) is 0 Å². The van der Waals surface area contributed by atoms with E-state index in [9.17, 15) is 0 Å². The number of aliphatic hydroxyl groups is 1. The van der Waals surface area contributed by atoms with E-state index >= 15 is 0 Å². The Bertz CT molecular complexity index is 908. The lowest BCUT2D eigenvalue weighted by Gasteiger charge is -2.14. The van der Waals surface area contributed by atoms with Crippen molar-refractivity contribution in [1.82, 2.24) is 19.6 Å². The summed E-state index contributed by atoms with van der Waals surface area (Å²) in [6.45, 7) is 0. The Kier molecular flexibility index (Phi) is 5.77. The third-order valence-corrected chi connectivity index (χ3v) is 4.38. The average molecular weight is 350 g/mol. The van der Waals surface area contributed by atoms with Crippen LogP contribution in [0.1, 0.15) is 37.7 Å². The molecule has 7 heteroatoms. The van der Waals surface area contributed by atoms with Crippen molar-refractivity contribution in [2.45, 2.75) is 38.2 Å². The Labute approximate surface area is 152 Å². The van der Waals surface area contributed by atoms with Crippen molar-refractivity contribution in [3.63, 3.8) is 0 Å². The maximum Gasteiger partial charge on any atom is 0.165 e. The Morgan fingerprint density at radius 3 is 2.73 bits per heavy atom. The molecule has 0 unspecified atom stereocenters. The summed E-state index contributed by atoms with van der Waals surface area (Å²) in [5.41, 5.74) is 2.19. The van der Waals surface area contributed by atoms with Gasteiger partial charge >= 0.3 is 0 Å². The maximum absolute atomic E-state index is 8.96. The third-order valence-electron chi connectivity index (χ3n) is 4.38. The second kappa shape index (κ2) is 8.41. The highest BCUT2D eigenvalue weighted by molar-refractivity contribution is 5.77. The van der Waals surface area contributed by atoms with Crippen LogP contribution in [-0.4, -0.2) is 37.8 Å². The minimum absolute atomic E-state index is 0.0359. The predicted molar refractivity (Wildman–Crippen MR) is 99.6 cm³/mol. The Hall–Kier alpha value is -2.98. The van der Waals surface area contributed by atoms with E-state index in [0.717, 1.165) is 29.7 Å². The largest absolute Gasteiger partial charge is 0.393 e. The van der Waals surface area contributed by atoms with Crippen LogP contribution in [0.25, 0.3) is 16.9 Å². The van der Waals surface area contributed by atoms with Crippen molar-refractivity contribution in [3.05, 3.63) is 42.4 Å². The molecule has 0 aliphatic heterocycles. The number of aliphatic hydroxyl groups excluding tert-OH is 1. The molecule has 1 fully saturated rings. The van der Waals surface area contributed by atoms with E-state index in [1.165, 1.54) is 19.3 Å². The number of rotatable bonds is 2. The van der Waals surface area contributed by atoms with Gasteiger partial charge in [0.05, 0.1) is 35.0 Å². The topological polar surface area (TPSA) is 99.1 Å². The highest BCUT2D eigenvalue weighted by atomic mass is 16.3. The Morgan fingerprint density at radius 2 is 2.08 bits per heavy atom. The molecule has 0 aromatic carbocycles. The molecule has 26 heavy (non-hydrogen) atoms. The number of nitriles is 1. The van der Waals surface area contributed by atoms with E-state index in [2.05, 4.69) is 26.5 Å². The van der Waals surface area contributed by atoms with E-state index in [1.54, 1.807) is 48.4 Å². The summed E-state index contributed by atoms with van der Waals surface area (Å²) in [4.78, 5) is 8.63. The van der Waals surface area contributed by atoms with Gasteiger partial charge in [-0.3, -0.25) is 0 Å². The van der Waals surface area contributed by atoms with Crippen molar-refractivity contribution in [2.24, 2.45) is 0 Å². The molecule has 3 aromatic heterocycles. The van der Waals surface area contributed by atoms with Gasteiger partial charge in [-0.15, -0.1) is 0 Å². The van der Waals surface area contributed by atoms with Gasteiger partial charge in [0.15, 0.2) is 5.82 Å². The summed E-state index contributed by atoms with van der Waals surface area (Å²) in [7, 11) is 1.80. The normalized spacial score (nSPS) is 14.3. The predicted octanol–water partition coefficient (Wildman–Crippen LogP) is 3.02. The van der Waals surface area contributed by atoms with E-state index in [1.807, 2.05) is 0 Å². The summed E-state index contributed by atoms with van der Waals surface area (Å²) >= 11 is 0. The summed E-state index contributed by atoms with van der Waals surface area (Å²) in [5.74, 6) is 1.32. The average Bonchev–Trinajstić information content (AvgIpc) is 3.12. The van der Waals surface area contributed by atoms with Gasteiger partial charge in [0.2, 0.25) is 0 Å². The van der Waals surface area contributed by atoms with Crippen molar-refractivity contribution >= 4 is 11.3 Å². The molecule has 1 aliphatic carbocycles. The number of hydrogen-bond donors (Lipinski definition) is 2. The maximum atomic E-state index is 8.96. The zero-order valence-corrected chi connectivity index (χ0v) is 14.8. The van der Waals surface area contributed by atoms with Crippen LogP contribution < -0.4 is 5.32 Å². The number of fused-ring (bicyclic) bond motifs is 1. The molecule has 0 spiro atoms. The van der Waals surface area contributed by atoms with Gasteiger partial charge in [-0.25, -0.2) is 14.5 Å². The standard InChI is InChI=1S/C13H10N6.C6H12O/c1-15-12-2-4-16-13(18-12)10-8-17-19-5-3-9(7-14)6-11(10)19;7-6-4-2-1-3-5-6/h2-6,8H,1H3,(H,15,16,18);6-7H,1-5H2. The van der Waals surface area contributed by atoms with Gasteiger partial charge < -0.3 is 10.4 Å². The first kappa shape index (κ1) is 17.8. The lowest BCUT2D eigenvalue weighted by molar-refractivity contribution is 0.130. The molecule has 0 radical (unpaired) electrons. The number of hydrogen-bond acceptors (Lipinski definition) is 6. The summed E-state index contributed by atoms with van der Waals surface area (Å²) in [6.07, 6.45) is 11.1. The van der Waals surface area contributed by atoms with Crippen LogP contribution >= 0.6 is 0 Å². The fraction of sp³-hybridized carbons (Fsp3) is 0.368. The second-order valence-corrected chi connectivity index (χ2v) is 6.22. The van der Waals surface area contributed by atoms with Crippen LogP contribution in [-0.2, 0) is 0 Å². The number of aromatic nitrogens is 4. The first-order valence-electron chi connectivity index (χ1n) is 8.78. The first-order chi connectivity index (χ1) is 12.7. The van der Waals surface area contributed by atoms with Crippen LogP contribution in [0.3, 0.4) is 0 Å². The smallest absolute Gasteiger partial charge is 0.165 e. The zero-order valence-electron chi connectivity index (χ0n) is 14.8. The summed E-state index contributed by atoms with van der Waals surface area (Å²) in [5, 5.41) is 25.1. The lowest BCUT2D eigenvalue weighted by atomic mass is 9.98. The minimum Gasteiger partial charge on any atom is -0.393 e.